The second-order valence-corrected chi connectivity index (χ2v) is 3.02. The Morgan fingerprint density at radius 3 is 3.00 bits per heavy atom. The molecule has 0 aromatic carbocycles. The van der Waals surface area contributed by atoms with E-state index in [2.05, 4.69) is 27.5 Å². The molecule has 1 aromatic rings. The highest BCUT2D eigenvalue weighted by Gasteiger charge is 1.97. The smallest absolute Gasteiger partial charge is 0.0666 e. The summed E-state index contributed by atoms with van der Waals surface area (Å²) in [5, 5.41) is 0.781. The van der Waals surface area contributed by atoms with Crippen LogP contribution in [-0.2, 0) is 0 Å². The summed E-state index contributed by atoms with van der Waals surface area (Å²) in [6.07, 6.45) is 1.80. The van der Waals surface area contributed by atoms with Crippen molar-refractivity contribution in [3.05, 3.63) is 36.2 Å². The van der Waals surface area contributed by atoms with E-state index in [9.17, 15) is 0 Å². The Bertz CT molecular complexity index is 268. The van der Waals surface area contributed by atoms with E-state index in [1.165, 1.54) is 5.56 Å². The highest BCUT2D eigenvalue weighted by molar-refractivity contribution is 9.09. The molecular formula is C9H10BrN. The molecule has 58 valence electrons. The third-order valence-electron chi connectivity index (χ3n) is 1.44. The van der Waals surface area contributed by atoms with Gasteiger partial charge in [-0.2, -0.15) is 0 Å². The molecule has 1 aromatic heterocycles. The standard InChI is InChI=1S/C9H10BrN/c1-7-3-4-11-9(5-7)8(2)6-10/h3-5H,2,6H2,1H3. The Hall–Kier alpha value is -0.630. The van der Waals surface area contributed by atoms with Gasteiger partial charge in [0.05, 0.1) is 5.69 Å². The summed E-state index contributed by atoms with van der Waals surface area (Å²) in [5.74, 6) is 0. The molecule has 0 N–H and O–H groups in total. The van der Waals surface area contributed by atoms with Crippen molar-refractivity contribution in [2.45, 2.75) is 6.92 Å². The van der Waals surface area contributed by atoms with Gasteiger partial charge in [-0.1, -0.05) is 22.5 Å². The fourth-order valence-corrected chi connectivity index (χ4v) is 1.09. The third-order valence-corrected chi connectivity index (χ3v) is 2.12. The number of allylic oxidation sites excluding steroid dienone is 1. The van der Waals surface area contributed by atoms with Gasteiger partial charge in [-0.25, -0.2) is 0 Å². The van der Waals surface area contributed by atoms with Gasteiger partial charge in [0.25, 0.3) is 0 Å². The van der Waals surface area contributed by atoms with E-state index in [-0.39, 0.29) is 0 Å². The molecule has 1 heterocycles. The maximum Gasteiger partial charge on any atom is 0.0666 e. The van der Waals surface area contributed by atoms with Crippen LogP contribution >= 0.6 is 15.9 Å². The van der Waals surface area contributed by atoms with Crippen molar-refractivity contribution >= 4 is 21.5 Å². The molecule has 0 atom stereocenters. The van der Waals surface area contributed by atoms with Gasteiger partial charge in [0.15, 0.2) is 0 Å². The number of rotatable bonds is 2. The van der Waals surface area contributed by atoms with Crippen molar-refractivity contribution in [1.82, 2.24) is 4.98 Å². The monoisotopic (exact) mass is 211 g/mol. The first kappa shape index (κ1) is 8.47. The van der Waals surface area contributed by atoms with Crippen molar-refractivity contribution in [3.8, 4) is 0 Å². The molecule has 0 aliphatic rings. The van der Waals surface area contributed by atoms with Gasteiger partial charge in [-0.05, 0) is 30.2 Å². The van der Waals surface area contributed by atoms with E-state index in [0.717, 1.165) is 16.6 Å². The quantitative estimate of drug-likeness (QED) is 0.687. The number of nitrogens with zero attached hydrogens (tertiary/aromatic N) is 1. The molecule has 0 amide bonds. The van der Waals surface area contributed by atoms with E-state index < -0.39 is 0 Å². The van der Waals surface area contributed by atoms with Crippen LogP contribution in [0.25, 0.3) is 5.57 Å². The molecular weight excluding hydrogens is 202 g/mol. The number of pyridine rings is 1. The van der Waals surface area contributed by atoms with E-state index in [4.69, 9.17) is 0 Å². The fraction of sp³-hybridized carbons (Fsp3) is 0.222. The van der Waals surface area contributed by atoms with Gasteiger partial charge >= 0.3 is 0 Å². The van der Waals surface area contributed by atoms with Crippen LogP contribution in [0, 0.1) is 6.92 Å². The van der Waals surface area contributed by atoms with Gasteiger partial charge < -0.3 is 0 Å². The normalized spacial score (nSPS) is 9.64. The molecule has 1 nitrogen and oxygen atoms in total. The first-order chi connectivity index (χ1) is 5.24. The molecule has 0 unspecified atom stereocenters. The molecule has 0 aliphatic carbocycles. The van der Waals surface area contributed by atoms with E-state index in [1.54, 1.807) is 6.20 Å². The molecule has 11 heavy (non-hydrogen) atoms. The van der Waals surface area contributed by atoms with Gasteiger partial charge in [0.1, 0.15) is 0 Å². The Morgan fingerprint density at radius 2 is 2.45 bits per heavy atom. The molecule has 0 saturated heterocycles. The third kappa shape index (κ3) is 2.15. The second kappa shape index (κ2) is 3.67. The van der Waals surface area contributed by atoms with Crippen molar-refractivity contribution < 1.29 is 0 Å². The van der Waals surface area contributed by atoms with Crippen molar-refractivity contribution in [1.29, 1.82) is 0 Å². The van der Waals surface area contributed by atoms with Crippen LogP contribution in [0.5, 0.6) is 0 Å². The number of alkyl halides is 1. The maximum absolute atomic E-state index is 4.18. The molecule has 0 spiro atoms. The minimum Gasteiger partial charge on any atom is -0.257 e. The van der Waals surface area contributed by atoms with Crippen molar-refractivity contribution in [2.24, 2.45) is 0 Å². The lowest BCUT2D eigenvalue weighted by molar-refractivity contribution is 1.24. The van der Waals surface area contributed by atoms with Gasteiger partial charge in [0, 0.05) is 11.5 Å². The zero-order valence-electron chi connectivity index (χ0n) is 6.47. The van der Waals surface area contributed by atoms with E-state index >= 15 is 0 Å². The van der Waals surface area contributed by atoms with Gasteiger partial charge in [-0.3, -0.25) is 4.98 Å². The number of aromatic nitrogens is 1. The summed E-state index contributed by atoms with van der Waals surface area (Å²) in [7, 11) is 0. The molecule has 0 radical (unpaired) electrons. The van der Waals surface area contributed by atoms with Crippen LogP contribution in [0.3, 0.4) is 0 Å². The summed E-state index contributed by atoms with van der Waals surface area (Å²) in [4.78, 5) is 4.18. The summed E-state index contributed by atoms with van der Waals surface area (Å²) in [5.41, 5.74) is 3.22. The lowest BCUT2D eigenvalue weighted by Gasteiger charge is -2.00. The van der Waals surface area contributed by atoms with Crippen molar-refractivity contribution in [2.75, 3.05) is 5.33 Å². The summed E-state index contributed by atoms with van der Waals surface area (Å²) in [6, 6.07) is 4.01. The Morgan fingerprint density at radius 1 is 1.73 bits per heavy atom. The second-order valence-electron chi connectivity index (χ2n) is 2.46. The first-order valence-electron chi connectivity index (χ1n) is 3.41. The average Bonchev–Trinajstić information content (AvgIpc) is 2.03. The SMILES string of the molecule is C=C(CBr)c1cc(C)ccn1. The molecule has 2 heteroatoms. The number of hydrogen-bond acceptors (Lipinski definition) is 1. The highest BCUT2D eigenvalue weighted by atomic mass is 79.9. The van der Waals surface area contributed by atoms with Crippen LogP contribution < -0.4 is 0 Å². The number of hydrogen-bond donors (Lipinski definition) is 0. The zero-order valence-corrected chi connectivity index (χ0v) is 8.06. The minimum absolute atomic E-state index is 0.781. The van der Waals surface area contributed by atoms with Crippen LogP contribution in [0.4, 0.5) is 0 Å². The van der Waals surface area contributed by atoms with Crippen molar-refractivity contribution in [3.63, 3.8) is 0 Å². The Balaban J connectivity index is 2.96. The Kier molecular flexibility index (Phi) is 2.83. The molecule has 1 rings (SSSR count). The molecule has 0 aliphatic heterocycles. The van der Waals surface area contributed by atoms with E-state index in [1.807, 2.05) is 19.1 Å². The summed E-state index contributed by atoms with van der Waals surface area (Å²) in [6.45, 7) is 5.92. The lowest BCUT2D eigenvalue weighted by atomic mass is 10.2. The predicted molar refractivity (Wildman–Crippen MR) is 51.8 cm³/mol. The zero-order chi connectivity index (χ0) is 8.27. The first-order valence-corrected chi connectivity index (χ1v) is 4.53. The highest BCUT2D eigenvalue weighted by Crippen LogP contribution is 2.12. The molecule has 0 bridgehead atoms. The Labute approximate surface area is 75.3 Å². The topological polar surface area (TPSA) is 12.9 Å². The number of aryl methyl sites for hydroxylation is 1. The number of halogens is 1. The lowest BCUT2D eigenvalue weighted by Crippen LogP contribution is -1.88. The fourth-order valence-electron chi connectivity index (χ4n) is 0.798. The summed E-state index contributed by atoms with van der Waals surface area (Å²) < 4.78 is 0. The van der Waals surface area contributed by atoms with Crippen LogP contribution in [0.1, 0.15) is 11.3 Å². The average molecular weight is 212 g/mol. The van der Waals surface area contributed by atoms with E-state index in [0.29, 0.717) is 0 Å². The minimum atomic E-state index is 0.781. The van der Waals surface area contributed by atoms with Crippen LogP contribution in [-0.4, -0.2) is 10.3 Å². The maximum atomic E-state index is 4.18. The van der Waals surface area contributed by atoms with Gasteiger partial charge in [0.2, 0.25) is 0 Å². The van der Waals surface area contributed by atoms with Crippen LogP contribution in [0.15, 0.2) is 24.9 Å². The van der Waals surface area contributed by atoms with Crippen LogP contribution in [0.2, 0.25) is 0 Å². The summed E-state index contributed by atoms with van der Waals surface area (Å²) >= 11 is 3.34. The molecule has 0 fully saturated rings. The predicted octanol–water partition coefficient (Wildman–Crippen LogP) is 2.80. The largest absolute Gasteiger partial charge is 0.257 e. The van der Waals surface area contributed by atoms with Gasteiger partial charge in [-0.15, -0.1) is 0 Å². The molecule has 0 saturated carbocycles.